The van der Waals surface area contributed by atoms with E-state index in [1.54, 1.807) is 7.11 Å². The quantitative estimate of drug-likeness (QED) is 0.588. The van der Waals surface area contributed by atoms with Gasteiger partial charge in [0.25, 0.3) is 0 Å². The van der Waals surface area contributed by atoms with E-state index < -0.39 is 0 Å². The second kappa shape index (κ2) is 5.84. The van der Waals surface area contributed by atoms with Gasteiger partial charge in [-0.2, -0.15) is 0 Å². The van der Waals surface area contributed by atoms with E-state index in [0.717, 1.165) is 12.8 Å². The zero-order valence-electron chi connectivity index (χ0n) is 7.93. The summed E-state index contributed by atoms with van der Waals surface area (Å²) in [5.41, 5.74) is 0. The van der Waals surface area contributed by atoms with Crippen LogP contribution in [0.3, 0.4) is 0 Å². The van der Waals surface area contributed by atoms with Gasteiger partial charge in [-0.1, -0.05) is 13.3 Å². The number of rotatable bonds is 5. The monoisotopic (exact) mass is 178 g/mol. The van der Waals surface area contributed by atoms with Crippen LogP contribution in [0.2, 0.25) is 0 Å². The molecule has 0 aromatic heterocycles. The zero-order valence-corrected chi connectivity index (χ0v) is 8.69. The average Bonchev–Trinajstić information content (AvgIpc) is 1.99. The number of halogens is 1. The highest BCUT2D eigenvalue weighted by molar-refractivity contribution is 6.20. The smallest absolute Gasteiger partial charge is 0.0546 e. The van der Waals surface area contributed by atoms with Crippen LogP contribution >= 0.6 is 11.6 Å². The second-order valence-electron chi connectivity index (χ2n) is 3.13. The minimum Gasteiger partial charge on any atom is -0.382 e. The van der Waals surface area contributed by atoms with Crippen molar-refractivity contribution in [1.82, 2.24) is 0 Å². The maximum atomic E-state index is 5.99. The molecule has 0 bridgehead atoms. The summed E-state index contributed by atoms with van der Waals surface area (Å²) in [6, 6.07) is 0. The van der Waals surface area contributed by atoms with Gasteiger partial charge in [0.2, 0.25) is 0 Å². The van der Waals surface area contributed by atoms with E-state index in [-0.39, 0.29) is 5.38 Å². The molecule has 0 saturated carbocycles. The molecular formula is C9H19ClO. The largest absolute Gasteiger partial charge is 0.382 e. The van der Waals surface area contributed by atoms with Crippen molar-refractivity contribution in [2.45, 2.75) is 45.1 Å². The zero-order chi connectivity index (χ0) is 8.85. The highest BCUT2D eigenvalue weighted by Gasteiger charge is 2.15. The van der Waals surface area contributed by atoms with E-state index >= 15 is 0 Å². The molecule has 0 rings (SSSR count). The molecule has 0 aromatic rings. The van der Waals surface area contributed by atoms with Gasteiger partial charge in [0.05, 0.1) is 6.10 Å². The Balaban J connectivity index is 3.68. The van der Waals surface area contributed by atoms with E-state index in [1.807, 2.05) is 0 Å². The van der Waals surface area contributed by atoms with Gasteiger partial charge in [0.15, 0.2) is 0 Å². The third kappa shape index (κ3) is 4.65. The van der Waals surface area contributed by atoms with Crippen LogP contribution in [0, 0.1) is 5.92 Å². The first-order valence-corrected chi connectivity index (χ1v) is 4.72. The molecule has 3 unspecified atom stereocenters. The average molecular weight is 179 g/mol. The highest BCUT2D eigenvalue weighted by atomic mass is 35.5. The minimum atomic E-state index is 0.262. The number of alkyl halides is 1. The van der Waals surface area contributed by atoms with Gasteiger partial charge in [-0.3, -0.25) is 0 Å². The van der Waals surface area contributed by atoms with Crippen molar-refractivity contribution in [1.29, 1.82) is 0 Å². The molecule has 0 saturated heterocycles. The fraction of sp³-hybridized carbons (Fsp3) is 1.00. The third-order valence-electron chi connectivity index (χ3n) is 2.21. The number of methoxy groups -OCH3 is 1. The maximum Gasteiger partial charge on any atom is 0.0546 e. The molecule has 0 amide bonds. The van der Waals surface area contributed by atoms with E-state index in [9.17, 15) is 0 Å². The Hall–Kier alpha value is 0.250. The lowest BCUT2D eigenvalue weighted by Gasteiger charge is -2.20. The molecule has 0 aliphatic carbocycles. The predicted octanol–water partition coefficient (Wildman–Crippen LogP) is 3.06. The van der Waals surface area contributed by atoms with Crippen LogP contribution in [-0.2, 0) is 4.74 Å². The van der Waals surface area contributed by atoms with Crippen LogP contribution in [-0.4, -0.2) is 18.6 Å². The number of hydrogen-bond acceptors (Lipinski definition) is 1. The molecule has 68 valence electrons. The highest BCUT2D eigenvalue weighted by Crippen LogP contribution is 2.20. The van der Waals surface area contributed by atoms with Crippen molar-refractivity contribution < 1.29 is 4.74 Å². The van der Waals surface area contributed by atoms with Crippen LogP contribution in [0.5, 0.6) is 0 Å². The number of hydrogen-bond donors (Lipinski definition) is 0. The van der Waals surface area contributed by atoms with Crippen LogP contribution in [0.4, 0.5) is 0 Å². The summed E-state index contributed by atoms with van der Waals surface area (Å²) in [7, 11) is 1.75. The normalized spacial score (nSPS) is 19.4. The summed E-state index contributed by atoms with van der Waals surface area (Å²) >= 11 is 5.99. The van der Waals surface area contributed by atoms with Gasteiger partial charge in [0, 0.05) is 12.5 Å². The van der Waals surface area contributed by atoms with Gasteiger partial charge < -0.3 is 4.74 Å². The van der Waals surface area contributed by atoms with E-state index in [1.165, 1.54) is 0 Å². The SMILES string of the molecule is CCC(CC(C)OC)C(C)Cl. The first-order valence-electron chi connectivity index (χ1n) is 4.28. The second-order valence-corrected chi connectivity index (χ2v) is 3.82. The standard InChI is InChI=1S/C9H19ClO/c1-5-9(8(3)10)6-7(2)11-4/h7-9H,5-6H2,1-4H3. The molecule has 0 fully saturated rings. The lowest BCUT2D eigenvalue weighted by Crippen LogP contribution is -2.18. The van der Waals surface area contributed by atoms with Crippen LogP contribution in [0.25, 0.3) is 0 Å². The molecule has 2 heteroatoms. The summed E-state index contributed by atoms with van der Waals surface area (Å²) in [4.78, 5) is 0. The van der Waals surface area contributed by atoms with Crippen LogP contribution in [0.1, 0.15) is 33.6 Å². The van der Waals surface area contributed by atoms with E-state index in [0.29, 0.717) is 12.0 Å². The maximum absolute atomic E-state index is 5.99. The van der Waals surface area contributed by atoms with Crippen molar-refractivity contribution >= 4 is 11.6 Å². The minimum absolute atomic E-state index is 0.262. The van der Waals surface area contributed by atoms with Gasteiger partial charge in [0.1, 0.15) is 0 Å². The van der Waals surface area contributed by atoms with E-state index in [2.05, 4.69) is 20.8 Å². The Morgan fingerprint density at radius 1 is 1.36 bits per heavy atom. The van der Waals surface area contributed by atoms with Gasteiger partial charge >= 0.3 is 0 Å². The van der Waals surface area contributed by atoms with Crippen molar-refractivity contribution in [3.05, 3.63) is 0 Å². The van der Waals surface area contributed by atoms with Crippen molar-refractivity contribution in [3.8, 4) is 0 Å². The van der Waals surface area contributed by atoms with Gasteiger partial charge in [-0.25, -0.2) is 0 Å². The Morgan fingerprint density at radius 3 is 2.18 bits per heavy atom. The predicted molar refractivity (Wildman–Crippen MR) is 50.2 cm³/mol. The summed E-state index contributed by atoms with van der Waals surface area (Å²) in [6.07, 6.45) is 2.54. The Bertz CT molecular complexity index is 93.6. The molecule has 1 nitrogen and oxygen atoms in total. The molecular weight excluding hydrogens is 160 g/mol. The Morgan fingerprint density at radius 2 is 1.91 bits per heavy atom. The topological polar surface area (TPSA) is 9.23 Å². The van der Waals surface area contributed by atoms with Gasteiger partial charge in [-0.15, -0.1) is 11.6 Å². The van der Waals surface area contributed by atoms with Crippen LogP contribution < -0.4 is 0 Å². The van der Waals surface area contributed by atoms with E-state index in [4.69, 9.17) is 16.3 Å². The fourth-order valence-corrected chi connectivity index (χ4v) is 1.48. The fourth-order valence-electron chi connectivity index (χ4n) is 1.20. The summed E-state index contributed by atoms with van der Waals surface area (Å²) in [5.74, 6) is 0.589. The first kappa shape index (κ1) is 11.2. The van der Waals surface area contributed by atoms with Gasteiger partial charge in [-0.05, 0) is 26.2 Å². The van der Waals surface area contributed by atoms with Crippen molar-refractivity contribution in [2.75, 3.05) is 7.11 Å². The number of ether oxygens (including phenoxy) is 1. The summed E-state index contributed by atoms with van der Waals surface area (Å²) in [5, 5.41) is 0.262. The molecule has 11 heavy (non-hydrogen) atoms. The molecule has 0 aliphatic heterocycles. The Kier molecular flexibility index (Phi) is 5.98. The van der Waals surface area contributed by atoms with Crippen molar-refractivity contribution in [3.63, 3.8) is 0 Å². The lowest BCUT2D eigenvalue weighted by atomic mass is 9.96. The molecule has 0 N–H and O–H groups in total. The molecule has 0 aliphatic rings. The molecule has 0 heterocycles. The summed E-state index contributed by atoms with van der Waals surface area (Å²) in [6.45, 7) is 6.31. The molecule has 3 atom stereocenters. The van der Waals surface area contributed by atoms with Crippen molar-refractivity contribution in [2.24, 2.45) is 5.92 Å². The third-order valence-corrected chi connectivity index (χ3v) is 2.57. The summed E-state index contributed by atoms with van der Waals surface area (Å²) < 4.78 is 5.17. The molecule has 0 spiro atoms. The van der Waals surface area contributed by atoms with Crippen LogP contribution in [0.15, 0.2) is 0 Å². The molecule has 0 radical (unpaired) electrons. The lowest BCUT2D eigenvalue weighted by molar-refractivity contribution is 0.0940. The molecule has 0 aromatic carbocycles. The Labute approximate surface area is 75.1 Å². The first-order chi connectivity index (χ1) is 5.11.